The minimum Gasteiger partial charge on any atom is -0.314 e. The number of hydrogen-bond acceptors (Lipinski definition) is 3. The van der Waals surface area contributed by atoms with Crippen molar-refractivity contribution in [2.45, 2.75) is 38.1 Å². The summed E-state index contributed by atoms with van der Waals surface area (Å²) in [5.74, 6) is 1.73. The maximum absolute atomic E-state index is 11.2. The Labute approximate surface area is 86.2 Å². The summed E-state index contributed by atoms with van der Waals surface area (Å²) in [6.07, 6.45) is 5.71. The fourth-order valence-electron chi connectivity index (χ4n) is 1.99. The highest BCUT2D eigenvalue weighted by Gasteiger charge is 2.24. The highest BCUT2D eigenvalue weighted by Crippen LogP contribution is 2.31. The molecule has 2 fully saturated rings. The molecule has 0 bridgehead atoms. The number of rotatable bonds is 4. The minimum absolute atomic E-state index is 0.383. The lowest BCUT2D eigenvalue weighted by Crippen LogP contribution is -2.38. The van der Waals surface area contributed by atoms with Gasteiger partial charge >= 0.3 is 0 Å². The van der Waals surface area contributed by atoms with Crippen molar-refractivity contribution in [1.82, 2.24) is 5.32 Å². The molecule has 3 nitrogen and oxygen atoms in total. The first kappa shape index (κ1) is 10.4. The molecular formula is C10H19NO2S. The fourth-order valence-corrected chi connectivity index (χ4v) is 3.48. The Morgan fingerprint density at radius 2 is 1.71 bits per heavy atom. The molecule has 0 aromatic carbocycles. The van der Waals surface area contributed by atoms with Gasteiger partial charge in [-0.05, 0) is 31.7 Å². The topological polar surface area (TPSA) is 46.2 Å². The van der Waals surface area contributed by atoms with Gasteiger partial charge in [-0.2, -0.15) is 0 Å². The minimum atomic E-state index is -2.68. The van der Waals surface area contributed by atoms with Gasteiger partial charge in [0.15, 0.2) is 0 Å². The van der Waals surface area contributed by atoms with Crippen molar-refractivity contribution in [2.75, 3.05) is 18.1 Å². The molecule has 4 heteroatoms. The molecule has 0 radical (unpaired) electrons. The summed E-state index contributed by atoms with van der Waals surface area (Å²) in [7, 11) is -2.68. The van der Waals surface area contributed by atoms with Gasteiger partial charge in [-0.3, -0.25) is 0 Å². The van der Waals surface area contributed by atoms with Crippen LogP contribution in [-0.2, 0) is 9.84 Å². The van der Waals surface area contributed by atoms with Gasteiger partial charge in [0.05, 0.1) is 11.5 Å². The zero-order chi connectivity index (χ0) is 10.0. The third kappa shape index (κ3) is 3.24. The summed E-state index contributed by atoms with van der Waals surface area (Å²) in [4.78, 5) is 0. The number of sulfone groups is 1. The van der Waals surface area contributed by atoms with E-state index in [1.54, 1.807) is 0 Å². The van der Waals surface area contributed by atoms with E-state index < -0.39 is 9.84 Å². The molecule has 1 aliphatic heterocycles. The molecule has 14 heavy (non-hydrogen) atoms. The molecule has 2 aliphatic rings. The Kier molecular flexibility index (Phi) is 3.12. The van der Waals surface area contributed by atoms with Crippen molar-refractivity contribution in [3.63, 3.8) is 0 Å². The van der Waals surface area contributed by atoms with E-state index in [0.717, 1.165) is 25.3 Å². The standard InChI is InChI=1S/C10H19NO2S/c12-14(13)7-4-10(5-8-14)11-6-3-9-1-2-9/h9-11H,1-8H2. The van der Waals surface area contributed by atoms with Gasteiger partial charge in [0.1, 0.15) is 9.84 Å². The van der Waals surface area contributed by atoms with Gasteiger partial charge in [0, 0.05) is 6.04 Å². The van der Waals surface area contributed by atoms with Crippen LogP contribution >= 0.6 is 0 Å². The van der Waals surface area contributed by atoms with Crippen LogP contribution in [0.4, 0.5) is 0 Å². The van der Waals surface area contributed by atoms with E-state index in [1.165, 1.54) is 19.3 Å². The summed E-state index contributed by atoms with van der Waals surface area (Å²) in [6.45, 7) is 1.08. The zero-order valence-corrected chi connectivity index (χ0v) is 9.35. The smallest absolute Gasteiger partial charge is 0.150 e. The first-order valence-electron chi connectivity index (χ1n) is 5.59. The summed E-state index contributed by atoms with van der Waals surface area (Å²) >= 11 is 0. The quantitative estimate of drug-likeness (QED) is 0.762. The number of hydrogen-bond donors (Lipinski definition) is 1. The second-order valence-electron chi connectivity index (χ2n) is 4.61. The van der Waals surface area contributed by atoms with Gasteiger partial charge in [0.25, 0.3) is 0 Å². The second-order valence-corrected chi connectivity index (χ2v) is 6.92. The van der Waals surface area contributed by atoms with Gasteiger partial charge < -0.3 is 5.32 Å². The molecule has 0 spiro atoms. The summed E-state index contributed by atoms with van der Waals surface area (Å²) < 4.78 is 22.3. The molecule has 1 N–H and O–H groups in total. The maximum atomic E-state index is 11.2. The molecule has 0 atom stereocenters. The van der Waals surface area contributed by atoms with Gasteiger partial charge in [0.2, 0.25) is 0 Å². The SMILES string of the molecule is O=S1(=O)CCC(NCCC2CC2)CC1. The van der Waals surface area contributed by atoms with Crippen LogP contribution in [0.2, 0.25) is 0 Å². The van der Waals surface area contributed by atoms with Crippen LogP contribution in [0, 0.1) is 5.92 Å². The predicted octanol–water partition coefficient (Wildman–Crippen LogP) is 0.953. The van der Waals surface area contributed by atoms with Gasteiger partial charge in [-0.1, -0.05) is 12.8 Å². The van der Waals surface area contributed by atoms with Crippen LogP contribution in [0.5, 0.6) is 0 Å². The molecule has 0 aromatic heterocycles. The number of nitrogens with one attached hydrogen (secondary N) is 1. The highest BCUT2D eigenvalue weighted by atomic mass is 32.2. The van der Waals surface area contributed by atoms with Crippen LogP contribution in [0.25, 0.3) is 0 Å². The first-order chi connectivity index (χ1) is 6.66. The zero-order valence-electron chi connectivity index (χ0n) is 8.54. The Bertz CT molecular complexity index is 268. The second kappa shape index (κ2) is 4.19. The van der Waals surface area contributed by atoms with Crippen molar-refractivity contribution in [2.24, 2.45) is 5.92 Å². The summed E-state index contributed by atoms with van der Waals surface area (Å²) in [5.41, 5.74) is 0. The van der Waals surface area contributed by atoms with Crippen molar-refractivity contribution in [3.05, 3.63) is 0 Å². The Morgan fingerprint density at radius 1 is 1.07 bits per heavy atom. The Balaban J connectivity index is 1.62. The monoisotopic (exact) mass is 217 g/mol. The molecule has 0 aromatic rings. The molecule has 0 amide bonds. The molecule has 2 rings (SSSR count). The van der Waals surface area contributed by atoms with Crippen molar-refractivity contribution < 1.29 is 8.42 Å². The third-order valence-corrected chi connectivity index (χ3v) is 4.95. The van der Waals surface area contributed by atoms with Crippen LogP contribution < -0.4 is 5.32 Å². The van der Waals surface area contributed by atoms with Crippen LogP contribution in [0.15, 0.2) is 0 Å². The normalized spacial score (nSPS) is 27.7. The van der Waals surface area contributed by atoms with Crippen molar-refractivity contribution in [3.8, 4) is 0 Å². The molecule has 1 saturated heterocycles. The van der Waals surface area contributed by atoms with Gasteiger partial charge in [-0.15, -0.1) is 0 Å². The Hall–Kier alpha value is -0.0900. The van der Waals surface area contributed by atoms with Crippen LogP contribution in [-0.4, -0.2) is 32.5 Å². The van der Waals surface area contributed by atoms with Crippen LogP contribution in [0.3, 0.4) is 0 Å². The maximum Gasteiger partial charge on any atom is 0.150 e. The lowest BCUT2D eigenvalue weighted by atomic mass is 10.1. The molecule has 1 heterocycles. The molecular weight excluding hydrogens is 198 g/mol. The van der Waals surface area contributed by atoms with E-state index >= 15 is 0 Å². The summed E-state index contributed by atoms with van der Waals surface area (Å²) in [5, 5.41) is 3.47. The fraction of sp³-hybridized carbons (Fsp3) is 1.00. The predicted molar refractivity (Wildman–Crippen MR) is 57.0 cm³/mol. The van der Waals surface area contributed by atoms with E-state index in [0.29, 0.717) is 17.5 Å². The van der Waals surface area contributed by atoms with E-state index in [4.69, 9.17) is 0 Å². The molecule has 0 unspecified atom stereocenters. The molecule has 1 saturated carbocycles. The average molecular weight is 217 g/mol. The van der Waals surface area contributed by atoms with E-state index in [1.807, 2.05) is 0 Å². The molecule has 82 valence electrons. The van der Waals surface area contributed by atoms with E-state index in [-0.39, 0.29) is 0 Å². The van der Waals surface area contributed by atoms with Gasteiger partial charge in [-0.25, -0.2) is 8.42 Å². The Morgan fingerprint density at radius 3 is 2.29 bits per heavy atom. The first-order valence-corrected chi connectivity index (χ1v) is 7.42. The lowest BCUT2D eigenvalue weighted by molar-refractivity contribution is 0.453. The third-order valence-electron chi connectivity index (χ3n) is 3.24. The largest absolute Gasteiger partial charge is 0.314 e. The molecule has 1 aliphatic carbocycles. The lowest BCUT2D eigenvalue weighted by Gasteiger charge is -2.23. The van der Waals surface area contributed by atoms with Crippen LogP contribution in [0.1, 0.15) is 32.1 Å². The van der Waals surface area contributed by atoms with E-state index in [2.05, 4.69) is 5.32 Å². The average Bonchev–Trinajstić information content (AvgIpc) is 2.92. The highest BCUT2D eigenvalue weighted by molar-refractivity contribution is 7.91. The van der Waals surface area contributed by atoms with Crippen molar-refractivity contribution >= 4 is 9.84 Å². The summed E-state index contributed by atoms with van der Waals surface area (Å²) in [6, 6.07) is 0.456. The van der Waals surface area contributed by atoms with Crippen molar-refractivity contribution in [1.29, 1.82) is 0 Å². The van der Waals surface area contributed by atoms with E-state index in [9.17, 15) is 8.42 Å².